The summed E-state index contributed by atoms with van der Waals surface area (Å²) in [6, 6.07) is 13.5. The summed E-state index contributed by atoms with van der Waals surface area (Å²) >= 11 is 0. The molecule has 3 rings (SSSR count). The molecule has 8 heteroatoms. The van der Waals surface area contributed by atoms with Gasteiger partial charge in [-0.3, -0.25) is 4.79 Å². The fourth-order valence-corrected chi connectivity index (χ4v) is 2.32. The SMILES string of the molecule is Cc1c(C(=O)Nc2cccc(C(F)(F)F)c2)nnn1-c1ccccc1. The van der Waals surface area contributed by atoms with Gasteiger partial charge in [0.05, 0.1) is 16.9 Å². The van der Waals surface area contributed by atoms with E-state index in [9.17, 15) is 18.0 Å². The molecule has 1 amide bonds. The summed E-state index contributed by atoms with van der Waals surface area (Å²) in [7, 11) is 0. The first kappa shape index (κ1) is 16.7. The minimum Gasteiger partial charge on any atom is -0.321 e. The first-order valence-corrected chi connectivity index (χ1v) is 7.32. The Labute approximate surface area is 141 Å². The van der Waals surface area contributed by atoms with Crippen molar-refractivity contribution in [3.05, 3.63) is 71.5 Å². The number of alkyl halides is 3. The minimum absolute atomic E-state index is 0.0356. The highest BCUT2D eigenvalue weighted by molar-refractivity contribution is 6.03. The lowest BCUT2D eigenvalue weighted by Crippen LogP contribution is -2.15. The van der Waals surface area contributed by atoms with Gasteiger partial charge in [-0.2, -0.15) is 13.2 Å². The molecule has 0 saturated carbocycles. The Morgan fingerprint density at radius 1 is 1.08 bits per heavy atom. The summed E-state index contributed by atoms with van der Waals surface area (Å²) in [5.74, 6) is -0.626. The lowest BCUT2D eigenvalue weighted by atomic mass is 10.2. The van der Waals surface area contributed by atoms with Gasteiger partial charge in [-0.05, 0) is 37.3 Å². The van der Waals surface area contributed by atoms with Gasteiger partial charge < -0.3 is 5.32 Å². The molecule has 1 heterocycles. The van der Waals surface area contributed by atoms with E-state index in [1.165, 1.54) is 16.8 Å². The first-order chi connectivity index (χ1) is 11.9. The van der Waals surface area contributed by atoms with Gasteiger partial charge in [0, 0.05) is 5.69 Å². The minimum atomic E-state index is -4.48. The van der Waals surface area contributed by atoms with Crippen LogP contribution < -0.4 is 5.32 Å². The monoisotopic (exact) mass is 346 g/mol. The van der Waals surface area contributed by atoms with Crippen molar-refractivity contribution in [2.24, 2.45) is 0 Å². The van der Waals surface area contributed by atoms with Gasteiger partial charge in [0.1, 0.15) is 0 Å². The molecule has 3 aromatic rings. The van der Waals surface area contributed by atoms with Crippen molar-refractivity contribution in [1.29, 1.82) is 0 Å². The molecule has 5 nitrogen and oxygen atoms in total. The third-order valence-electron chi connectivity index (χ3n) is 3.56. The molecule has 25 heavy (non-hydrogen) atoms. The standard InChI is InChI=1S/C17H13F3N4O/c1-11-15(22-23-24(11)14-8-3-2-4-9-14)16(25)21-13-7-5-6-12(10-13)17(18,19)20/h2-10H,1H3,(H,21,25). The van der Waals surface area contributed by atoms with Crippen LogP contribution in [-0.2, 0) is 6.18 Å². The molecule has 0 unspecified atom stereocenters. The molecule has 0 atom stereocenters. The van der Waals surface area contributed by atoms with Crippen molar-refractivity contribution in [2.45, 2.75) is 13.1 Å². The molecule has 1 N–H and O–H groups in total. The Morgan fingerprint density at radius 2 is 1.80 bits per heavy atom. The van der Waals surface area contributed by atoms with Crippen molar-refractivity contribution >= 4 is 11.6 Å². The number of anilines is 1. The van der Waals surface area contributed by atoms with Crippen LogP contribution >= 0.6 is 0 Å². The van der Waals surface area contributed by atoms with E-state index in [1.54, 1.807) is 19.1 Å². The van der Waals surface area contributed by atoms with Gasteiger partial charge in [-0.1, -0.05) is 29.5 Å². The second-order valence-corrected chi connectivity index (χ2v) is 5.30. The van der Waals surface area contributed by atoms with E-state index in [2.05, 4.69) is 15.6 Å². The summed E-state index contributed by atoms with van der Waals surface area (Å²) < 4.78 is 39.7. The van der Waals surface area contributed by atoms with Crippen molar-refractivity contribution in [3.8, 4) is 5.69 Å². The lowest BCUT2D eigenvalue weighted by Gasteiger charge is -2.09. The average Bonchev–Trinajstić information content (AvgIpc) is 2.97. The smallest absolute Gasteiger partial charge is 0.321 e. The van der Waals surface area contributed by atoms with Gasteiger partial charge in [0.2, 0.25) is 0 Å². The summed E-state index contributed by atoms with van der Waals surface area (Å²) in [5.41, 5.74) is 0.450. The molecule has 0 saturated heterocycles. The second-order valence-electron chi connectivity index (χ2n) is 5.30. The quantitative estimate of drug-likeness (QED) is 0.784. The van der Waals surface area contributed by atoms with Gasteiger partial charge >= 0.3 is 6.18 Å². The number of nitrogens with one attached hydrogen (secondary N) is 1. The van der Waals surface area contributed by atoms with Crippen LogP contribution in [-0.4, -0.2) is 20.9 Å². The van der Waals surface area contributed by atoms with Crippen LogP contribution in [0.15, 0.2) is 54.6 Å². The molecule has 2 aromatic carbocycles. The topological polar surface area (TPSA) is 59.8 Å². The van der Waals surface area contributed by atoms with Crippen LogP contribution in [0.2, 0.25) is 0 Å². The van der Waals surface area contributed by atoms with E-state index in [1.807, 2.05) is 18.2 Å². The van der Waals surface area contributed by atoms with Gasteiger partial charge in [0.25, 0.3) is 5.91 Å². The van der Waals surface area contributed by atoms with E-state index < -0.39 is 17.6 Å². The normalized spacial score (nSPS) is 11.4. The summed E-state index contributed by atoms with van der Waals surface area (Å²) in [6.07, 6.45) is -4.48. The number of hydrogen-bond donors (Lipinski definition) is 1. The van der Waals surface area contributed by atoms with Crippen molar-refractivity contribution in [3.63, 3.8) is 0 Å². The average molecular weight is 346 g/mol. The molecule has 1 aromatic heterocycles. The Kier molecular flexibility index (Phi) is 4.26. The zero-order valence-electron chi connectivity index (χ0n) is 13.1. The largest absolute Gasteiger partial charge is 0.416 e. The van der Waals surface area contributed by atoms with E-state index in [4.69, 9.17) is 0 Å². The maximum Gasteiger partial charge on any atom is 0.416 e. The highest BCUT2D eigenvalue weighted by atomic mass is 19.4. The van der Waals surface area contributed by atoms with Crippen LogP contribution in [0.1, 0.15) is 21.7 Å². The molecule has 0 radical (unpaired) electrons. The molecular weight excluding hydrogens is 333 g/mol. The van der Waals surface area contributed by atoms with Gasteiger partial charge in [-0.15, -0.1) is 5.10 Å². The van der Waals surface area contributed by atoms with E-state index in [-0.39, 0.29) is 11.4 Å². The predicted molar refractivity (Wildman–Crippen MR) is 85.5 cm³/mol. The number of carbonyl (C=O) groups excluding carboxylic acids is 1. The van der Waals surface area contributed by atoms with E-state index in [0.717, 1.165) is 17.8 Å². The maximum absolute atomic E-state index is 12.7. The molecule has 0 fully saturated rings. The molecule has 0 aliphatic carbocycles. The Balaban J connectivity index is 1.85. The first-order valence-electron chi connectivity index (χ1n) is 7.32. The van der Waals surface area contributed by atoms with Crippen molar-refractivity contribution < 1.29 is 18.0 Å². The number of carbonyl (C=O) groups is 1. The maximum atomic E-state index is 12.7. The van der Waals surface area contributed by atoms with Crippen LogP contribution in [0.25, 0.3) is 5.69 Å². The zero-order chi connectivity index (χ0) is 18.0. The number of halogens is 3. The number of amides is 1. The molecule has 0 spiro atoms. The highest BCUT2D eigenvalue weighted by Crippen LogP contribution is 2.30. The lowest BCUT2D eigenvalue weighted by molar-refractivity contribution is -0.137. The second kappa shape index (κ2) is 6.39. The fraction of sp³-hybridized carbons (Fsp3) is 0.118. The Morgan fingerprint density at radius 3 is 2.48 bits per heavy atom. The summed E-state index contributed by atoms with van der Waals surface area (Å²) in [4.78, 5) is 12.3. The third-order valence-corrected chi connectivity index (χ3v) is 3.56. The van der Waals surface area contributed by atoms with Crippen LogP contribution in [0, 0.1) is 6.92 Å². The Hall–Kier alpha value is -3.16. The molecular formula is C17H13F3N4O. The van der Waals surface area contributed by atoms with Crippen molar-refractivity contribution in [1.82, 2.24) is 15.0 Å². The summed E-state index contributed by atoms with van der Waals surface area (Å²) in [5, 5.41) is 10.2. The molecule has 128 valence electrons. The molecule has 0 aliphatic rings. The number of hydrogen-bond acceptors (Lipinski definition) is 3. The van der Waals surface area contributed by atoms with E-state index >= 15 is 0 Å². The molecule has 0 aliphatic heterocycles. The van der Waals surface area contributed by atoms with Crippen molar-refractivity contribution in [2.75, 3.05) is 5.32 Å². The number of rotatable bonds is 3. The third kappa shape index (κ3) is 3.52. The number of para-hydroxylation sites is 1. The predicted octanol–water partition coefficient (Wildman–Crippen LogP) is 3.85. The van der Waals surface area contributed by atoms with Gasteiger partial charge in [0.15, 0.2) is 5.69 Å². The van der Waals surface area contributed by atoms with Gasteiger partial charge in [-0.25, -0.2) is 4.68 Å². The summed E-state index contributed by atoms with van der Waals surface area (Å²) in [6.45, 7) is 1.66. The fourth-order valence-electron chi connectivity index (χ4n) is 2.32. The number of benzene rings is 2. The highest BCUT2D eigenvalue weighted by Gasteiger charge is 2.30. The number of nitrogens with zero attached hydrogens (tertiary/aromatic N) is 3. The zero-order valence-corrected chi connectivity index (χ0v) is 13.1. The van der Waals surface area contributed by atoms with Crippen LogP contribution in [0.4, 0.5) is 18.9 Å². The van der Waals surface area contributed by atoms with E-state index in [0.29, 0.717) is 5.69 Å². The number of aromatic nitrogens is 3. The Bertz CT molecular complexity index is 904. The molecule has 0 bridgehead atoms. The van der Waals surface area contributed by atoms with Crippen LogP contribution in [0.3, 0.4) is 0 Å². The van der Waals surface area contributed by atoms with Crippen LogP contribution in [0.5, 0.6) is 0 Å².